The Hall–Kier alpha value is -1.69. The van der Waals surface area contributed by atoms with E-state index in [1.165, 1.54) is 31.4 Å². The van der Waals surface area contributed by atoms with E-state index in [0.29, 0.717) is 11.8 Å². The Bertz CT molecular complexity index is 615. The lowest BCUT2D eigenvalue weighted by atomic mass is 9.95. The second-order valence-corrected chi connectivity index (χ2v) is 6.37. The lowest BCUT2D eigenvalue weighted by Crippen LogP contribution is -2.34. The summed E-state index contributed by atoms with van der Waals surface area (Å²) in [4.78, 5) is 6.93. The van der Waals surface area contributed by atoms with Gasteiger partial charge in [0.25, 0.3) is 0 Å². The number of nitrogens with zero attached hydrogens (tertiary/aromatic N) is 4. The second-order valence-electron chi connectivity index (χ2n) is 6.37. The van der Waals surface area contributed by atoms with Crippen LogP contribution in [0.4, 0.5) is 0 Å². The topological polar surface area (TPSA) is 70.8 Å². The molecule has 1 saturated heterocycles. The predicted octanol–water partition coefficient (Wildman–Crippen LogP) is 2.36. The monoisotopic (exact) mass is 287 g/mol. The van der Waals surface area contributed by atoms with Crippen LogP contribution in [0.2, 0.25) is 0 Å². The highest BCUT2D eigenvalue weighted by atomic mass is 16.5. The van der Waals surface area contributed by atoms with Gasteiger partial charge in [0.05, 0.1) is 12.2 Å². The predicted molar refractivity (Wildman–Crippen MR) is 76.8 cm³/mol. The van der Waals surface area contributed by atoms with E-state index in [-0.39, 0.29) is 0 Å². The third-order valence-electron chi connectivity index (χ3n) is 4.43. The van der Waals surface area contributed by atoms with E-state index < -0.39 is 0 Å². The molecule has 2 aromatic rings. The van der Waals surface area contributed by atoms with Crippen molar-refractivity contribution in [3.63, 3.8) is 0 Å². The van der Waals surface area contributed by atoms with E-state index >= 15 is 0 Å². The molecule has 2 fully saturated rings. The fourth-order valence-electron chi connectivity index (χ4n) is 3.12. The average Bonchev–Trinajstić information content (AvgIpc) is 3.09. The van der Waals surface area contributed by atoms with Crippen molar-refractivity contribution in [2.45, 2.75) is 51.0 Å². The minimum atomic E-state index is 0.509. The Kier molecular flexibility index (Phi) is 3.25. The molecule has 6 heteroatoms. The first kappa shape index (κ1) is 13.0. The summed E-state index contributed by atoms with van der Waals surface area (Å²) >= 11 is 0. The quantitative estimate of drug-likeness (QED) is 0.934. The van der Waals surface area contributed by atoms with Crippen molar-refractivity contribution in [3.05, 3.63) is 29.2 Å². The number of nitrogens with one attached hydrogen (secondary N) is 1. The maximum absolute atomic E-state index is 5.39. The van der Waals surface area contributed by atoms with Crippen molar-refractivity contribution < 1.29 is 4.52 Å². The van der Waals surface area contributed by atoms with E-state index in [2.05, 4.69) is 38.2 Å². The maximum Gasteiger partial charge on any atom is 0.240 e. The summed E-state index contributed by atoms with van der Waals surface area (Å²) in [6, 6.07) is 2.16. The van der Waals surface area contributed by atoms with Crippen LogP contribution in [0.5, 0.6) is 0 Å². The van der Waals surface area contributed by atoms with Gasteiger partial charge in [0.2, 0.25) is 5.89 Å². The van der Waals surface area contributed by atoms with Gasteiger partial charge < -0.3 is 4.52 Å². The zero-order valence-electron chi connectivity index (χ0n) is 12.4. The number of piperidine rings is 1. The molecule has 1 saturated carbocycles. The van der Waals surface area contributed by atoms with Crippen LogP contribution >= 0.6 is 0 Å². The Morgan fingerprint density at radius 1 is 1.33 bits per heavy atom. The number of aromatic nitrogens is 4. The summed E-state index contributed by atoms with van der Waals surface area (Å²) in [5.41, 5.74) is 2.31. The van der Waals surface area contributed by atoms with Crippen LogP contribution in [0.3, 0.4) is 0 Å². The van der Waals surface area contributed by atoms with E-state index in [1.807, 2.05) is 0 Å². The molecule has 0 aromatic carbocycles. The molecule has 1 aliphatic heterocycles. The molecule has 0 spiro atoms. The molecule has 0 amide bonds. The van der Waals surface area contributed by atoms with Crippen LogP contribution in [-0.2, 0) is 6.54 Å². The first-order chi connectivity index (χ1) is 10.3. The number of rotatable bonds is 4. The maximum atomic E-state index is 5.39. The summed E-state index contributed by atoms with van der Waals surface area (Å²) in [5, 5.41) is 11.6. The molecular formula is C15H21N5O. The number of likely N-dealkylation sites (tertiary alicyclic amines) is 1. The highest BCUT2D eigenvalue weighted by Gasteiger charge is 2.29. The third-order valence-corrected chi connectivity index (χ3v) is 4.43. The molecule has 1 N–H and O–H groups in total. The lowest BCUT2D eigenvalue weighted by Gasteiger charge is -2.30. The fourth-order valence-corrected chi connectivity index (χ4v) is 3.12. The van der Waals surface area contributed by atoms with Crippen LogP contribution in [0.1, 0.15) is 60.6 Å². The van der Waals surface area contributed by atoms with Gasteiger partial charge >= 0.3 is 0 Å². The van der Waals surface area contributed by atoms with E-state index in [0.717, 1.165) is 37.0 Å². The smallest absolute Gasteiger partial charge is 0.240 e. The van der Waals surface area contributed by atoms with Gasteiger partial charge in [-0.15, -0.1) is 0 Å². The summed E-state index contributed by atoms with van der Waals surface area (Å²) in [5.74, 6) is 2.73. The van der Waals surface area contributed by atoms with E-state index in [9.17, 15) is 0 Å². The lowest BCUT2D eigenvalue weighted by molar-refractivity contribution is 0.175. The number of aryl methyl sites for hydroxylation is 1. The molecule has 1 aliphatic carbocycles. The largest absolute Gasteiger partial charge is 0.338 e. The molecule has 21 heavy (non-hydrogen) atoms. The minimum absolute atomic E-state index is 0.509. The Morgan fingerprint density at radius 2 is 2.24 bits per heavy atom. The molecule has 0 radical (unpaired) electrons. The van der Waals surface area contributed by atoms with Crippen LogP contribution in [0.25, 0.3) is 0 Å². The SMILES string of the molecule is Cc1cc(C2CCCN(Cc3nc(C4CC4)no3)C2)n[nH]1. The van der Waals surface area contributed by atoms with Crippen LogP contribution in [0, 0.1) is 6.92 Å². The summed E-state index contributed by atoms with van der Waals surface area (Å²) in [6.07, 6.45) is 4.82. The number of hydrogen-bond donors (Lipinski definition) is 1. The number of hydrogen-bond acceptors (Lipinski definition) is 5. The Labute approximate surface area is 123 Å². The second kappa shape index (κ2) is 5.26. The summed E-state index contributed by atoms with van der Waals surface area (Å²) in [7, 11) is 0. The highest BCUT2D eigenvalue weighted by Crippen LogP contribution is 2.38. The first-order valence-electron chi connectivity index (χ1n) is 7.84. The molecule has 0 bridgehead atoms. The zero-order valence-corrected chi connectivity index (χ0v) is 12.4. The van der Waals surface area contributed by atoms with Gasteiger partial charge in [-0.25, -0.2) is 0 Å². The molecule has 112 valence electrons. The summed E-state index contributed by atoms with van der Waals surface area (Å²) in [6.45, 7) is 4.93. The highest BCUT2D eigenvalue weighted by molar-refractivity contribution is 5.13. The van der Waals surface area contributed by atoms with Crippen LogP contribution in [-0.4, -0.2) is 38.3 Å². The Balaban J connectivity index is 1.40. The molecule has 1 atom stereocenters. The zero-order chi connectivity index (χ0) is 14.2. The Morgan fingerprint density at radius 3 is 3.00 bits per heavy atom. The standard InChI is InChI=1S/C15H21N5O/c1-10-7-13(18-17-10)12-3-2-6-20(8-12)9-14-16-15(19-21-14)11-4-5-11/h7,11-12H,2-6,8-9H2,1H3,(H,17,18). The van der Waals surface area contributed by atoms with Gasteiger partial charge in [-0.1, -0.05) is 5.16 Å². The average molecular weight is 287 g/mol. The van der Waals surface area contributed by atoms with Gasteiger partial charge in [0.1, 0.15) is 0 Å². The van der Waals surface area contributed by atoms with Crippen LogP contribution in [0.15, 0.2) is 10.6 Å². The number of aromatic amines is 1. The van der Waals surface area contributed by atoms with Crippen molar-refractivity contribution in [1.82, 2.24) is 25.2 Å². The molecule has 2 aliphatic rings. The molecular weight excluding hydrogens is 266 g/mol. The molecule has 4 rings (SSSR count). The van der Waals surface area contributed by atoms with Gasteiger partial charge in [-0.05, 0) is 45.2 Å². The number of H-pyrrole nitrogens is 1. The molecule has 2 aromatic heterocycles. The molecule has 1 unspecified atom stereocenters. The van der Waals surface area contributed by atoms with Gasteiger partial charge in [0, 0.05) is 24.1 Å². The van der Waals surface area contributed by atoms with Crippen molar-refractivity contribution in [2.24, 2.45) is 0 Å². The molecule has 6 nitrogen and oxygen atoms in total. The van der Waals surface area contributed by atoms with Crippen LogP contribution < -0.4 is 0 Å². The van der Waals surface area contributed by atoms with Crippen molar-refractivity contribution in [3.8, 4) is 0 Å². The van der Waals surface area contributed by atoms with Gasteiger partial charge in [-0.2, -0.15) is 10.1 Å². The van der Waals surface area contributed by atoms with Gasteiger partial charge in [-0.3, -0.25) is 10.00 Å². The summed E-state index contributed by atoms with van der Waals surface area (Å²) < 4.78 is 5.39. The fraction of sp³-hybridized carbons (Fsp3) is 0.667. The van der Waals surface area contributed by atoms with Crippen molar-refractivity contribution in [1.29, 1.82) is 0 Å². The molecule has 3 heterocycles. The van der Waals surface area contributed by atoms with E-state index in [4.69, 9.17) is 4.52 Å². The minimum Gasteiger partial charge on any atom is -0.338 e. The first-order valence-corrected chi connectivity index (χ1v) is 7.84. The normalized spacial score (nSPS) is 23.6. The van der Waals surface area contributed by atoms with Crippen molar-refractivity contribution >= 4 is 0 Å². The van der Waals surface area contributed by atoms with E-state index in [1.54, 1.807) is 0 Å². The third kappa shape index (κ3) is 2.85. The van der Waals surface area contributed by atoms with Crippen molar-refractivity contribution in [2.75, 3.05) is 13.1 Å². The van der Waals surface area contributed by atoms with Gasteiger partial charge in [0.15, 0.2) is 5.82 Å².